The first-order valence-corrected chi connectivity index (χ1v) is 14.2. The molecule has 0 saturated carbocycles. The summed E-state index contributed by atoms with van der Waals surface area (Å²) < 4.78 is 60.3. The lowest BCUT2D eigenvalue weighted by Gasteiger charge is -2.22. The molecule has 4 rings (SSSR count). The maximum absolute atomic E-state index is 13.2. The van der Waals surface area contributed by atoms with Crippen molar-refractivity contribution in [1.29, 1.82) is 0 Å². The molecule has 2 N–H and O–H groups in total. The zero-order chi connectivity index (χ0) is 31.5. The molecule has 4 aromatic rings. The van der Waals surface area contributed by atoms with Crippen LogP contribution < -0.4 is 15.4 Å². The standard InChI is InChI=1S/C30H28BrClF4N4O3/c1-30(2,28(35)36)29(42)37-14-16-4-9-21(32)17(10-16)11-26-39-22-12-20(27(41)38-19-7-5-18(31)6-8-19)24(43-15-25(33)34)13-23(22)40(26)3/h4-10,12-13,25,28H,11,14-15H2,1-3H3,(H,37,42)(H,38,41). The van der Waals surface area contributed by atoms with E-state index in [1.54, 1.807) is 54.1 Å². The average Bonchev–Trinajstić information content (AvgIpc) is 3.26. The number of halogens is 6. The number of benzene rings is 3. The molecule has 43 heavy (non-hydrogen) atoms. The molecule has 1 heterocycles. The SMILES string of the molecule is Cn1c(Cc2cc(CNC(=O)C(C)(C)C(F)F)ccc2Cl)nc2cc(C(=O)Nc3ccc(Br)cc3)c(OCC(F)F)cc21. The number of aromatic nitrogens is 2. The summed E-state index contributed by atoms with van der Waals surface area (Å²) in [5, 5.41) is 5.70. The molecule has 2 amide bonds. The van der Waals surface area contributed by atoms with Crippen molar-refractivity contribution in [2.75, 3.05) is 11.9 Å². The van der Waals surface area contributed by atoms with E-state index >= 15 is 0 Å². The number of hydrogen-bond donors (Lipinski definition) is 2. The molecule has 0 saturated heterocycles. The Kier molecular flexibility index (Phi) is 10.0. The second kappa shape index (κ2) is 13.3. The maximum atomic E-state index is 13.2. The number of ether oxygens (including phenoxy) is 1. The topological polar surface area (TPSA) is 85.2 Å². The summed E-state index contributed by atoms with van der Waals surface area (Å²) >= 11 is 9.78. The van der Waals surface area contributed by atoms with E-state index < -0.39 is 36.7 Å². The molecule has 0 unspecified atom stereocenters. The van der Waals surface area contributed by atoms with E-state index in [1.165, 1.54) is 26.0 Å². The zero-order valence-electron chi connectivity index (χ0n) is 23.4. The van der Waals surface area contributed by atoms with Gasteiger partial charge in [0.05, 0.1) is 16.6 Å². The molecule has 7 nitrogen and oxygen atoms in total. The number of alkyl halides is 4. The molecular formula is C30H28BrClF4N4O3. The Balaban J connectivity index is 1.62. The number of carbonyl (C=O) groups excluding carboxylic acids is 2. The van der Waals surface area contributed by atoms with Gasteiger partial charge in [0, 0.05) is 41.3 Å². The molecule has 0 bridgehead atoms. The highest BCUT2D eigenvalue weighted by Crippen LogP contribution is 2.30. The Morgan fingerprint density at radius 1 is 1.07 bits per heavy atom. The maximum Gasteiger partial charge on any atom is 0.272 e. The quantitative estimate of drug-likeness (QED) is 0.162. The van der Waals surface area contributed by atoms with E-state index in [9.17, 15) is 27.2 Å². The molecule has 13 heteroatoms. The molecule has 0 aliphatic carbocycles. The third-order valence-corrected chi connectivity index (χ3v) is 7.73. The lowest BCUT2D eigenvalue weighted by molar-refractivity contribution is -0.137. The van der Waals surface area contributed by atoms with Crippen LogP contribution in [0.25, 0.3) is 11.0 Å². The monoisotopic (exact) mass is 682 g/mol. The van der Waals surface area contributed by atoms with Gasteiger partial charge in [0.1, 0.15) is 23.6 Å². The van der Waals surface area contributed by atoms with Crippen LogP contribution in [0.15, 0.2) is 59.1 Å². The number of fused-ring (bicyclic) bond motifs is 1. The number of amides is 2. The minimum atomic E-state index is -2.82. The van der Waals surface area contributed by atoms with Crippen molar-refractivity contribution in [2.45, 2.75) is 39.7 Å². The van der Waals surface area contributed by atoms with Gasteiger partial charge in [0.15, 0.2) is 0 Å². The van der Waals surface area contributed by atoms with E-state index in [2.05, 4.69) is 31.5 Å². The summed E-state index contributed by atoms with van der Waals surface area (Å²) in [6.45, 7) is 1.46. The molecule has 0 aliphatic heterocycles. The van der Waals surface area contributed by atoms with Crippen molar-refractivity contribution >= 4 is 56.1 Å². The van der Waals surface area contributed by atoms with Crippen LogP contribution in [0.3, 0.4) is 0 Å². The molecule has 1 aromatic heterocycles. The van der Waals surface area contributed by atoms with Crippen LogP contribution >= 0.6 is 27.5 Å². The summed E-state index contributed by atoms with van der Waals surface area (Å²) in [6.07, 6.45) is -5.33. The van der Waals surface area contributed by atoms with E-state index in [4.69, 9.17) is 16.3 Å². The predicted octanol–water partition coefficient (Wildman–Crippen LogP) is 7.38. The van der Waals surface area contributed by atoms with Crippen LogP contribution in [0, 0.1) is 5.41 Å². The first-order chi connectivity index (χ1) is 20.3. The van der Waals surface area contributed by atoms with Crippen LogP contribution in [-0.4, -0.2) is 40.8 Å². The number of anilines is 1. The van der Waals surface area contributed by atoms with Crippen molar-refractivity contribution in [3.05, 3.63) is 86.6 Å². The fourth-order valence-electron chi connectivity index (χ4n) is 4.16. The first kappa shape index (κ1) is 32.3. The third-order valence-electron chi connectivity index (χ3n) is 6.83. The van der Waals surface area contributed by atoms with Gasteiger partial charge in [-0.05, 0) is 61.4 Å². The van der Waals surface area contributed by atoms with Crippen LogP contribution in [0.5, 0.6) is 5.75 Å². The summed E-state index contributed by atoms with van der Waals surface area (Å²) in [6, 6.07) is 14.9. The Morgan fingerprint density at radius 2 is 1.77 bits per heavy atom. The highest BCUT2D eigenvalue weighted by atomic mass is 79.9. The van der Waals surface area contributed by atoms with Crippen LogP contribution in [-0.2, 0) is 24.8 Å². The second-order valence-electron chi connectivity index (χ2n) is 10.4. The number of nitrogens with zero attached hydrogens (tertiary/aromatic N) is 2. The number of imidazole rings is 1. The van der Waals surface area contributed by atoms with Crippen LogP contribution in [0.2, 0.25) is 5.02 Å². The Morgan fingerprint density at radius 3 is 2.42 bits per heavy atom. The number of rotatable bonds is 11. The third kappa shape index (κ3) is 7.66. The van der Waals surface area contributed by atoms with Gasteiger partial charge >= 0.3 is 0 Å². The van der Waals surface area contributed by atoms with E-state index in [1.807, 2.05) is 0 Å². The molecule has 0 fully saturated rings. The average molecular weight is 684 g/mol. The smallest absolute Gasteiger partial charge is 0.272 e. The Hall–Kier alpha value is -3.64. The fourth-order valence-corrected chi connectivity index (χ4v) is 4.61. The molecule has 228 valence electrons. The van der Waals surface area contributed by atoms with Gasteiger partial charge in [-0.25, -0.2) is 22.5 Å². The molecular weight excluding hydrogens is 656 g/mol. The van der Waals surface area contributed by atoms with Crippen molar-refractivity contribution in [2.24, 2.45) is 12.5 Å². The number of nitrogens with one attached hydrogen (secondary N) is 2. The largest absolute Gasteiger partial charge is 0.487 e. The highest BCUT2D eigenvalue weighted by Gasteiger charge is 2.37. The lowest BCUT2D eigenvalue weighted by Crippen LogP contribution is -2.41. The van der Waals surface area contributed by atoms with Gasteiger partial charge in [-0.15, -0.1) is 0 Å². The van der Waals surface area contributed by atoms with Crippen molar-refractivity contribution in [3.8, 4) is 5.75 Å². The van der Waals surface area contributed by atoms with Gasteiger partial charge in [0.2, 0.25) is 5.91 Å². The molecule has 0 atom stereocenters. The number of aryl methyl sites for hydroxylation is 1. The lowest BCUT2D eigenvalue weighted by atomic mass is 9.93. The predicted molar refractivity (Wildman–Crippen MR) is 160 cm³/mol. The van der Waals surface area contributed by atoms with Crippen molar-refractivity contribution < 1.29 is 31.9 Å². The van der Waals surface area contributed by atoms with Gasteiger partial charge in [-0.2, -0.15) is 0 Å². The Bertz CT molecular complexity index is 1640. The van der Waals surface area contributed by atoms with Crippen LogP contribution in [0.1, 0.15) is 41.2 Å². The van der Waals surface area contributed by atoms with Gasteiger partial charge in [-0.1, -0.05) is 39.7 Å². The van der Waals surface area contributed by atoms with E-state index in [0.29, 0.717) is 38.7 Å². The minimum absolute atomic E-state index is 0.0172. The summed E-state index contributed by atoms with van der Waals surface area (Å²) in [7, 11) is 1.73. The zero-order valence-corrected chi connectivity index (χ0v) is 25.7. The van der Waals surface area contributed by atoms with Crippen molar-refractivity contribution in [3.63, 3.8) is 0 Å². The molecule has 3 aromatic carbocycles. The highest BCUT2D eigenvalue weighted by molar-refractivity contribution is 9.10. The number of carbonyl (C=O) groups is 2. The minimum Gasteiger partial charge on any atom is -0.487 e. The molecule has 0 aliphatic rings. The first-order valence-electron chi connectivity index (χ1n) is 13.1. The molecule has 0 radical (unpaired) electrons. The van der Waals surface area contributed by atoms with Gasteiger partial charge in [0.25, 0.3) is 18.8 Å². The van der Waals surface area contributed by atoms with Crippen molar-refractivity contribution in [1.82, 2.24) is 14.9 Å². The normalized spacial score (nSPS) is 11.8. The summed E-state index contributed by atoms with van der Waals surface area (Å²) in [5.41, 5.74) is 0.952. The second-order valence-corrected chi connectivity index (χ2v) is 11.7. The fraction of sp³-hybridized carbons (Fsp3) is 0.300. The summed E-state index contributed by atoms with van der Waals surface area (Å²) in [5.74, 6) is -0.825. The number of hydrogen-bond acceptors (Lipinski definition) is 4. The van der Waals surface area contributed by atoms with Gasteiger partial charge < -0.3 is 19.9 Å². The Labute approximate surface area is 258 Å². The van der Waals surface area contributed by atoms with Gasteiger partial charge in [-0.3, -0.25) is 9.59 Å². The summed E-state index contributed by atoms with van der Waals surface area (Å²) in [4.78, 5) is 30.1. The van der Waals surface area contributed by atoms with Crippen LogP contribution in [0.4, 0.5) is 23.2 Å². The molecule has 0 spiro atoms. The van der Waals surface area contributed by atoms with E-state index in [0.717, 1.165) is 4.47 Å². The van der Waals surface area contributed by atoms with E-state index in [-0.39, 0.29) is 24.3 Å².